The van der Waals surface area contributed by atoms with Gasteiger partial charge < -0.3 is 5.32 Å². The first-order valence-electron chi connectivity index (χ1n) is 6.73. The van der Waals surface area contributed by atoms with E-state index >= 15 is 0 Å². The lowest BCUT2D eigenvalue weighted by molar-refractivity contribution is 0.531. The maximum atomic E-state index is 12.2. The molecule has 1 aromatic rings. The Kier molecular flexibility index (Phi) is 6.45. The van der Waals surface area contributed by atoms with Crippen molar-refractivity contribution in [2.24, 2.45) is 0 Å². The highest BCUT2D eigenvalue weighted by atomic mass is 35.5. The molecule has 20 heavy (non-hydrogen) atoms. The zero-order valence-corrected chi connectivity index (χ0v) is 13.9. The minimum Gasteiger partial charge on any atom is -0.313 e. The number of nitrogens with one attached hydrogen (secondary N) is 2. The molecule has 0 saturated heterocycles. The molecule has 114 valence electrons. The van der Waals surface area contributed by atoms with Crippen LogP contribution in [0.1, 0.15) is 39.3 Å². The van der Waals surface area contributed by atoms with E-state index in [1.807, 2.05) is 32.0 Å². The zero-order chi connectivity index (χ0) is 15.3. The second-order valence-corrected chi connectivity index (χ2v) is 7.82. The van der Waals surface area contributed by atoms with Gasteiger partial charge in [0, 0.05) is 23.7 Å². The van der Waals surface area contributed by atoms with E-state index in [1.54, 1.807) is 19.9 Å². The van der Waals surface area contributed by atoms with Crippen LogP contribution >= 0.6 is 11.6 Å². The number of hydrogen-bond acceptors (Lipinski definition) is 3. The first-order chi connectivity index (χ1) is 9.24. The fourth-order valence-corrected chi connectivity index (χ4v) is 3.23. The summed E-state index contributed by atoms with van der Waals surface area (Å²) in [5.74, 6) is 0. The Balaban J connectivity index is 2.73. The molecule has 2 atom stereocenters. The highest BCUT2D eigenvalue weighted by Crippen LogP contribution is 2.23. The largest absolute Gasteiger partial charge is 0.313 e. The fourth-order valence-electron chi connectivity index (χ4n) is 1.76. The molecule has 1 aromatic carbocycles. The molecule has 0 heterocycles. The molecule has 0 amide bonds. The third-order valence-electron chi connectivity index (χ3n) is 3.06. The molecule has 0 bridgehead atoms. The standard InChI is InChI=1S/C14H23ClN2O2S/c1-10(2)16-9-11(3)20(18,19)17-12(4)13-7-5-6-8-14(13)15/h5-8,10-12,16-17H,9H2,1-4H3. The first-order valence-corrected chi connectivity index (χ1v) is 8.65. The Morgan fingerprint density at radius 2 is 1.75 bits per heavy atom. The van der Waals surface area contributed by atoms with Crippen molar-refractivity contribution in [1.29, 1.82) is 0 Å². The van der Waals surface area contributed by atoms with Gasteiger partial charge in [0.15, 0.2) is 0 Å². The zero-order valence-electron chi connectivity index (χ0n) is 12.4. The monoisotopic (exact) mass is 318 g/mol. The van der Waals surface area contributed by atoms with Gasteiger partial charge in [-0.3, -0.25) is 0 Å². The number of sulfonamides is 1. The Bertz CT molecular complexity index is 532. The van der Waals surface area contributed by atoms with Crippen LogP contribution in [0.5, 0.6) is 0 Å². The summed E-state index contributed by atoms with van der Waals surface area (Å²) in [6, 6.07) is 7.15. The normalized spacial score (nSPS) is 15.3. The summed E-state index contributed by atoms with van der Waals surface area (Å²) < 4.78 is 27.2. The molecule has 0 aromatic heterocycles. The van der Waals surface area contributed by atoms with Gasteiger partial charge in [0.05, 0.1) is 5.25 Å². The van der Waals surface area contributed by atoms with Crippen molar-refractivity contribution in [3.05, 3.63) is 34.9 Å². The van der Waals surface area contributed by atoms with E-state index in [4.69, 9.17) is 11.6 Å². The lowest BCUT2D eigenvalue weighted by Gasteiger charge is -2.20. The fraction of sp³-hybridized carbons (Fsp3) is 0.571. The van der Waals surface area contributed by atoms with Crippen LogP contribution in [0.2, 0.25) is 5.02 Å². The average Bonchev–Trinajstić information content (AvgIpc) is 2.35. The number of hydrogen-bond donors (Lipinski definition) is 2. The van der Waals surface area contributed by atoms with Crippen LogP contribution in [0.4, 0.5) is 0 Å². The summed E-state index contributed by atoms with van der Waals surface area (Å²) in [4.78, 5) is 0. The third-order valence-corrected chi connectivity index (χ3v) is 5.31. The van der Waals surface area contributed by atoms with Gasteiger partial charge in [0.25, 0.3) is 0 Å². The quantitative estimate of drug-likeness (QED) is 0.812. The Morgan fingerprint density at radius 1 is 1.15 bits per heavy atom. The topological polar surface area (TPSA) is 58.2 Å². The molecule has 4 nitrogen and oxygen atoms in total. The van der Waals surface area contributed by atoms with Crippen LogP contribution in [-0.2, 0) is 10.0 Å². The summed E-state index contributed by atoms with van der Waals surface area (Å²) in [5, 5.41) is 3.19. The summed E-state index contributed by atoms with van der Waals surface area (Å²) >= 11 is 6.08. The van der Waals surface area contributed by atoms with Crippen LogP contribution in [0, 0.1) is 0 Å². The van der Waals surface area contributed by atoms with E-state index in [2.05, 4.69) is 10.0 Å². The maximum Gasteiger partial charge on any atom is 0.216 e. The van der Waals surface area contributed by atoms with Gasteiger partial charge in [-0.1, -0.05) is 43.6 Å². The molecule has 6 heteroatoms. The van der Waals surface area contributed by atoms with Gasteiger partial charge in [-0.2, -0.15) is 0 Å². The summed E-state index contributed by atoms with van der Waals surface area (Å²) in [5.41, 5.74) is 0.779. The lowest BCUT2D eigenvalue weighted by Crippen LogP contribution is -2.41. The van der Waals surface area contributed by atoms with Crippen molar-refractivity contribution in [2.45, 2.75) is 45.0 Å². The maximum absolute atomic E-state index is 12.2. The van der Waals surface area contributed by atoms with Crippen LogP contribution in [0.3, 0.4) is 0 Å². The lowest BCUT2D eigenvalue weighted by atomic mass is 10.1. The highest BCUT2D eigenvalue weighted by molar-refractivity contribution is 7.90. The van der Waals surface area contributed by atoms with Crippen molar-refractivity contribution >= 4 is 21.6 Å². The van der Waals surface area contributed by atoms with Crippen LogP contribution in [0.15, 0.2) is 24.3 Å². The van der Waals surface area contributed by atoms with Gasteiger partial charge in [-0.25, -0.2) is 13.1 Å². The molecular weight excluding hydrogens is 296 g/mol. The SMILES string of the molecule is CC(C)NCC(C)S(=O)(=O)NC(C)c1ccccc1Cl. The second kappa shape index (κ2) is 7.41. The van der Waals surface area contributed by atoms with Gasteiger partial charge in [0.1, 0.15) is 0 Å². The van der Waals surface area contributed by atoms with Crippen molar-refractivity contribution < 1.29 is 8.42 Å². The third kappa shape index (κ3) is 5.05. The molecule has 0 aliphatic carbocycles. The van der Waals surface area contributed by atoms with E-state index < -0.39 is 15.3 Å². The number of halogens is 1. The number of rotatable bonds is 7. The van der Waals surface area contributed by atoms with Gasteiger partial charge in [-0.15, -0.1) is 0 Å². The van der Waals surface area contributed by atoms with Crippen molar-refractivity contribution in [1.82, 2.24) is 10.0 Å². The molecule has 0 spiro atoms. The molecule has 1 rings (SSSR count). The van der Waals surface area contributed by atoms with E-state index in [0.29, 0.717) is 11.6 Å². The van der Waals surface area contributed by atoms with Gasteiger partial charge >= 0.3 is 0 Å². The molecule has 2 N–H and O–H groups in total. The molecule has 0 radical (unpaired) electrons. The van der Waals surface area contributed by atoms with Gasteiger partial charge in [0.2, 0.25) is 10.0 Å². The van der Waals surface area contributed by atoms with Gasteiger partial charge in [-0.05, 0) is 25.5 Å². The summed E-state index contributed by atoms with van der Waals surface area (Å²) in [6.07, 6.45) is 0. The van der Waals surface area contributed by atoms with Crippen LogP contribution in [0.25, 0.3) is 0 Å². The van der Waals surface area contributed by atoms with E-state index in [0.717, 1.165) is 5.56 Å². The molecule has 0 aliphatic heterocycles. The Labute approximate surface area is 127 Å². The molecular formula is C14H23ClN2O2S. The molecule has 0 saturated carbocycles. The minimum atomic E-state index is -3.39. The van der Waals surface area contributed by atoms with E-state index in [-0.39, 0.29) is 12.1 Å². The second-order valence-electron chi connectivity index (χ2n) is 5.28. The van der Waals surface area contributed by atoms with E-state index in [9.17, 15) is 8.42 Å². The van der Waals surface area contributed by atoms with Crippen LogP contribution < -0.4 is 10.0 Å². The minimum absolute atomic E-state index is 0.258. The molecule has 2 unspecified atom stereocenters. The summed E-state index contributed by atoms with van der Waals surface area (Å²) in [6.45, 7) is 7.87. The Morgan fingerprint density at radius 3 is 2.30 bits per heavy atom. The van der Waals surface area contributed by atoms with E-state index in [1.165, 1.54) is 0 Å². The summed E-state index contributed by atoms with van der Waals surface area (Å²) in [7, 11) is -3.39. The number of benzene rings is 1. The first kappa shape index (κ1) is 17.4. The highest BCUT2D eigenvalue weighted by Gasteiger charge is 2.24. The van der Waals surface area contributed by atoms with Crippen molar-refractivity contribution in [3.8, 4) is 0 Å². The van der Waals surface area contributed by atoms with Crippen molar-refractivity contribution in [2.75, 3.05) is 6.54 Å². The predicted molar refractivity (Wildman–Crippen MR) is 84.5 cm³/mol. The Hall–Kier alpha value is -0.620. The van der Waals surface area contributed by atoms with Crippen molar-refractivity contribution in [3.63, 3.8) is 0 Å². The molecule has 0 fully saturated rings. The van der Waals surface area contributed by atoms with Crippen LogP contribution in [-0.4, -0.2) is 26.3 Å². The predicted octanol–water partition coefficient (Wildman–Crippen LogP) is 2.71. The average molecular weight is 319 g/mol. The smallest absolute Gasteiger partial charge is 0.216 e. The molecule has 0 aliphatic rings.